The molecule has 0 aliphatic carbocycles. The van der Waals surface area contributed by atoms with Gasteiger partial charge in [-0.05, 0) is 37.2 Å². The number of piperidine rings is 1. The van der Waals surface area contributed by atoms with Gasteiger partial charge in [-0.3, -0.25) is 9.89 Å². The maximum atomic E-state index is 12.7. The molecule has 24 heavy (non-hydrogen) atoms. The van der Waals surface area contributed by atoms with Gasteiger partial charge in [0.15, 0.2) is 4.77 Å². The third-order valence-corrected chi connectivity index (χ3v) is 4.88. The molecule has 3 heterocycles. The first kappa shape index (κ1) is 16.6. The highest BCUT2D eigenvalue weighted by molar-refractivity contribution is 7.71. The van der Waals surface area contributed by atoms with E-state index in [9.17, 15) is 4.79 Å². The Morgan fingerprint density at radius 2 is 2.08 bits per heavy atom. The topological polar surface area (TPSA) is 70.1 Å². The number of H-pyrrole nitrogens is 1. The van der Waals surface area contributed by atoms with Gasteiger partial charge in [0.1, 0.15) is 11.6 Å². The Balaban J connectivity index is 1.68. The Hall–Kier alpha value is -2.22. The van der Waals surface area contributed by atoms with Crippen LogP contribution in [0.4, 0.5) is 5.82 Å². The first-order chi connectivity index (χ1) is 11.5. The van der Waals surface area contributed by atoms with Crippen molar-refractivity contribution in [3.8, 4) is 0 Å². The van der Waals surface area contributed by atoms with Crippen LogP contribution in [0.3, 0.4) is 0 Å². The Morgan fingerprint density at radius 3 is 2.67 bits per heavy atom. The molecule has 1 fully saturated rings. The number of hydrogen-bond acceptors (Lipinski definition) is 5. The van der Waals surface area contributed by atoms with Crippen molar-refractivity contribution in [1.29, 1.82) is 0 Å². The standard InChI is InChI=1S/C16H22N6OS/c1-20(2)13-10-12(4-7-17-13)15(23)22-8-5-11(6-9-22)14-18-19-16(24)21(14)3/h4,7,10-11H,5-6,8-9H2,1-3H3,(H,19,24). The number of anilines is 1. The fourth-order valence-electron chi connectivity index (χ4n) is 3.04. The van der Waals surface area contributed by atoms with E-state index in [1.807, 2.05) is 41.6 Å². The third kappa shape index (κ3) is 3.19. The van der Waals surface area contributed by atoms with Crippen molar-refractivity contribution < 1.29 is 4.79 Å². The number of rotatable bonds is 3. The summed E-state index contributed by atoms with van der Waals surface area (Å²) in [6.45, 7) is 1.45. The summed E-state index contributed by atoms with van der Waals surface area (Å²) in [5, 5.41) is 7.16. The molecule has 1 saturated heterocycles. The average Bonchev–Trinajstić information content (AvgIpc) is 2.94. The van der Waals surface area contributed by atoms with Crippen molar-refractivity contribution in [3.63, 3.8) is 0 Å². The van der Waals surface area contributed by atoms with Gasteiger partial charge in [0.25, 0.3) is 5.91 Å². The molecule has 2 aromatic heterocycles. The van der Waals surface area contributed by atoms with E-state index in [-0.39, 0.29) is 5.91 Å². The zero-order chi connectivity index (χ0) is 17.3. The summed E-state index contributed by atoms with van der Waals surface area (Å²) >= 11 is 5.18. The maximum absolute atomic E-state index is 12.7. The number of hydrogen-bond donors (Lipinski definition) is 1. The largest absolute Gasteiger partial charge is 0.363 e. The minimum Gasteiger partial charge on any atom is -0.363 e. The predicted octanol–water partition coefficient (Wildman–Crippen LogP) is 1.96. The molecular weight excluding hydrogens is 324 g/mol. The van der Waals surface area contributed by atoms with Crippen LogP contribution in [-0.4, -0.2) is 57.7 Å². The molecule has 1 aliphatic heterocycles. The molecule has 0 aromatic carbocycles. The van der Waals surface area contributed by atoms with Crippen molar-refractivity contribution in [3.05, 3.63) is 34.5 Å². The van der Waals surface area contributed by atoms with Crippen LogP contribution in [0, 0.1) is 4.77 Å². The van der Waals surface area contributed by atoms with E-state index in [0.29, 0.717) is 16.3 Å². The van der Waals surface area contributed by atoms with E-state index in [0.717, 1.165) is 37.6 Å². The smallest absolute Gasteiger partial charge is 0.254 e. The molecule has 128 valence electrons. The number of likely N-dealkylation sites (tertiary alicyclic amines) is 1. The molecule has 0 bridgehead atoms. The lowest BCUT2D eigenvalue weighted by atomic mass is 9.95. The quantitative estimate of drug-likeness (QED) is 0.861. The number of aromatic nitrogens is 4. The van der Waals surface area contributed by atoms with Crippen LogP contribution in [0.1, 0.15) is 34.9 Å². The molecule has 0 radical (unpaired) electrons. The predicted molar refractivity (Wildman–Crippen MR) is 94.8 cm³/mol. The van der Waals surface area contributed by atoms with Gasteiger partial charge in [-0.2, -0.15) is 5.10 Å². The highest BCUT2D eigenvalue weighted by Gasteiger charge is 2.27. The lowest BCUT2D eigenvalue weighted by Gasteiger charge is -2.31. The summed E-state index contributed by atoms with van der Waals surface area (Å²) in [6, 6.07) is 3.62. The maximum Gasteiger partial charge on any atom is 0.254 e. The highest BCUT2D eigenvalue weighted by atomic mass is 32.1. The van der Waals surface area contributed by atoms with Crippen molar-refractivity contribution in [2.75, 3.05) is 32.1 Å². The number of aromatic amines is 1. The van der Waals surface area contributed by atoms with Crippen LogP contribution in [0.15, 0.2) is 18.3 Å². The van der Waals surface area contributed by atoms with E-state index >= 15 is 0 Å². The van der Waals surface area contributed by atoms with Crippen molar-refractivity contribution in [1.82, 2.24) is 24.6 Å². The summed E-state index contributed by atoms with van der Waals surface area (Å²) in [6.07, 6.45) is 3.47. The van der Waals surface area contributed by atoms with Crippen molar-refractivity contribution >= 4 is 23.9 Å². The molecule has 2 aromatic rings. The van der Waals surface area contributed by atoms with E-state index in [4.69, 9.17) is 12.2 Å². The second kappa shape index (κ2) is 6.72. The second-order valence-electron chi connectivity index (χ2n) is 6.31. The Morgan fingerprint density at radius 1 is 1.38 bits per heavy atom. The summed E-state index contributed by atoms with van der Waals surface area (Å²) in [5.41, 5.74) is 0.685. The molecule has 3 rings (SSSR count). The number of pyridine rings is 1. The molecule has 0 saturated carbocycles. The molecule has 1 N–H and O–H groups in total. The van der Waals surface area contributed by atoms with Crippen molar-refractivity contribution in [2.45, 2.75) is 18.8 Å². The molecule has 7 nitrogen and oxygen atoms in total. The van der Waals surface area contributed by atoms with Crippen LogP contribution < -0.4 is 4.90 Å². The van der Waals surface area contributed by atoms with Gasteiger partial charge in [0, 0.05) is 51.9 Å². The summed E-state index contributed by atoms with van der Waals surface area (Å²) < 4.78 is 2.56. The first-order valence-electron chi connectivity index (χ1n) is 8.01. The fraction of sp³-hybridized carbons (Fsp3) is 0.500. The lowest BCUT2D eigenvalue weighted by Crippen LogP contribution is -2.38. The minimum absolute atomic E-state index is 0.0642. The normalized spacial score (nSPS) is 15.5. The SMILES string of the molecule is CN(C)c1cc(C(=O)N2CCC(c3n[nH]c(=S)n3C)CC2)ccn1. The Bertz CT molecular complexity index is 788. The first-order valence-corrected chi connectivity index (χ1v) is 8.42. The van der Waals surface area contributed by atoms with Crippen LogP contribution in [-0.2, 0) is 7.05 Å². The van der Waals surface area contributed by atoms with Crippen LogP contribution >= 0.6 is 12.2 Å². The number of carbonyl (C=O) groups is 1. The zero-order valence-corrected chi connectivity index (χ0v) is 15.0. The number of carbonyl (C=O) groups excluding carboxylic acids is 1. The number of amides is 1. The molecule has 0 atom stereocenters. The fourth-order valence-corrected chi connectivity index (χ4v) is 3.18. The van der Waals surface area contributed by atoms with Gasteiger partial charge in [-0.25, -0.2) is 4.98 Å². The molecule has 1 amide bonds. The average molecular weight is 346 g/mol. The summed E-state index contributed by atoms with van der Waals surface area (Å²) in [5.74, 6) is 2.17. The molecule has 0 unspecified atom stereocenters. The Labute approximate surface area is 146 Å². The van der Waals surface area contributed by atoms with Gasteiger partial charge in [0.05, 0.1) is 0 Å². The van der Waals surface area contributed by atoms with Gasteiger partial charge in [-0.1, -0.05) is 0 Å². The van der Waals surface area contributed by atoms with Crippen LogP contribution in [0.5, 0.6) is 0 Å². The van der Waals surface area contributed by atoms with E-state index in [1.54, 1.807) is 12.3 Å². The van der Waals surface area contributed by atoms with E-state index in [1.165, 1.54) is 0 Å². The third-order valence-electron chi connectivity index (χ3n) is 4.51. The monoisotopic (exact) mass is 346 g/mol. The van der Waals surface area contributed by atoms with Gasteiger partial charge < -0.3 is 14.4 Å². The van der Waals surface area contributed by atoms with Gasteiger partial charge in [-0.15, -0.1) is 0 Å². The Kier molecular flexibility index (Phi) is 4.66. The summed E-state index contributed by atoms with van der Waals surface area (Å²) in [7, 11) is 5.76. The van der Waals surface area contributed by atoms with E-state index < -0.39 is 0 Å². The summed E-state index contributed by atoms with van der Waals surface area (Å²) in [4.78, 5) is 20.8. The number of nitrogens with zero attached hydrogens (tertiary/aromatic N) is 5. The zero-order valence-electron chi connectivity index (χ0n) is 14.2. The van der Waals surface area contributed by atoms with Gasteiger partial charge >= 0.3 is 0 Å². The second-order valence-corrected chi connectivity index (χ2v) is 6.70. The van der Waals surface area contributed by atoms with Gasteiger partial charge in [0.2, 0.25) is 0 Å². The molecule has 1 aliphatic rings. The minimum atomic E-state index is 0.0642. The molecule has 0 spiro atoms. The van der Waals surface area contributed by atoms with E-state index in [2.05, 4.69) is 15.2 Å². The van der Waals surface area contributed by atoms with Crippen LogP contribution in [0.25, 0.3) is 0 Å². The lowest BCUT2D eigenvalue weighted by molar-refractivity contribution is 0.0710. The number of nitrogens with one attached hydrogen (secondary N) is 1. The highest BCUT2D eigenvalue weighted by Crippen LogP contribution is 2.27. The van der Waals surface area contributed by atoms with Crippen molar-refractivity contribution in [2.24, 2.45) is 7.05 Å². The van der Waals surface area contributed by atoms with Crippen LogP contribution in [0.2, 0.25) is 0 Å². The molecule has 8 heteroatoms. The molecular formula is C16H22N6OS.